The molecule has 8 heteroatoms. The molecule has 1 aliphatic rings. The molecule has 2 unspecified atom stereocenters. The Hall–Kier alpha value is -0.440. The van der Waals surface area contributed by atoms with Gasteiger partial charge in [-0.25, -0.2) is 0 Å². The fourth-order valence-corrected chi connectivity index (χ4v) is 4.39. The molecule has 0 saturated carbocycles. The first-order chi connectivity index (χ1) is 9.56. The zero-order valence-electron chi connectivity index (χ0n) is 10.9. The van der Waals surface area contributed by atoms with Crippen molar-refractivity contribution < 1.29 is 0 Å². The zero-order chi connectivity index (χ0) is 14.3. The molecular weight excluding hydrogens is 406 g/mol. The number of piperidine rings is 1. The molecule has 2 aromatic heterocycles. The summed E-state index contributed by atoms with van der Waals surface area (Å²) < 4.78 is 2.09. The number of anilines is 1. The molecule has 3 N–H and O–H groups in total. The standard InChI is InChI=1S/C12H15Br2N5S/c1-6-8(15)3-2-4-19(6)12-16-11(17-18-12)9-5-7(13)10(14)20-9/h5-6,8H,2-4,15H2,1H3,(H,16,17,18). The lowest BCUT2D eigenvalue weighted by molar-refractivity contribution is 0.416. The molecule has 0 amide bonds. The lowest BCUT2D eigenvalue weighted by Crippen LogP contribution is -2.50. The average molecular weight is 421 g/mol. The van der Waals surface area contributed by atoms with Crippen LogP contribution in [0, 0.1) is 0 Å². The van der Waals surface area contributed by atoms with E-state index in [0.29, 0.717) is 0 Å². The monoisotopic (exact) mass is 419 g/mol. The molecule has 0 aromatic carbocycles. The van der Waals surface area contributed by atoms with E-state index in [2.05, 4.69) is 58.9 Å². The van der Waals surface area contributed by atoms with E-state index in [4.69, 9.17) is 5.73 Å². The Bertz CT molecular complexity index is 591. The van der Waals surface area contributed by atoms with E-state index >= 15 is 0 Å². The number of hydrogen-bond acceptors (Lipinski definition) is 5. The summed E-state index contributed by atoms with van der Waals surface area (Å²) >= 11 is 8.61. The first-order valence-electron chi connectivity index (χ1n) is 6.46. The van der Waals surface area contributed by atoms with Gasteiger partial charge in [0, 0.05) is 23.1 Å². The van der Waals surface area contributed by atoms with E-state index in [1.54, 1.807) is 11.3 Å². The molecule has 0 aliphatic carbocycles. The van der Waals surface area contributed by atoms with E-state index in [0.717, 1.165) is 44.3 Å². The van der Waals surface area contributed by atoms with Crippen molar-refractivity contribution in [1.82, 2.24) is 15.2 Å². The molecule has 5 nitrogen and oxygen atoms in total. The van der Waals surface area contributed by atoms with Gasteiger partial charge in [0.25, 0.3) is 0 Å². The Balaban J connectivity index is 1.86. The van der Waals surface area contributed by atoms with E-state index in [9.17, 15) is 0 Å². The maximum atomic E-state index is 6.13. The first-order valence-corrected chi connectivity index (χ1v) is 8.86. The highest BCUT2D eigenvalue weighted by atomic mass is 79.9. The van der Waals surface area contributed by atoms with E-state index in [1.165, 1.54) is 0 Å². The summed E-state index contributed by atoms with van der Waals surface area (Å²) in [7, 11) is 0. The van der Waals surface area contributed by atoms with Gasteiger partial charge in [-0.1, -0.05) is 0 Å². The summed E-state index contributed by atoms with van der Waals surface area (Å²) in [6.45, 7) is 3.10. The van der Waals surface area contributed by atoms with Crippen molar-refractivity contribution in [1.29, 1.82) is 0 Å². The molecule has 0 spiro atoms. The number of nitrogens with two attached hydrogens (primary N) is 1. The Morgan fingerprint density at radius 3 is 3.00 bits per heavy atom. The Labute approximate surface area is 138 Å². The quantitative estimate of drug-likeness (QED) is 0.781. The van der Waals surface area contributed by atoms with Gasteiger partial charge in [0.05, 0.1) is 8.66 Å². The van der Waals surface area contributed by atoms with Crippen LogP contribution in [0.4, 0.5) is 5.95 Å². The third-order valence-electron chi connectivity index (χ3n) is 3.66. The van der Waals surface area contributed by atoms with Crippen molar-refractivity contribution in [2.45, 2.75) is 31.8 Å². The molecule has 108 valence electrons. The van der Waals surface area contributed by atoms with Gasteiger partial charge in [-0.2, -0.15) is 4.98 Å². The predicted molar refractivity (Wildman–Crippen MR) is 89.1 cm³/mol. The molecule has 1 aliphatic heterocycles. The molecule has 20 heavy (non-hydrogen) atoms. The van der Waals surface area contributed by atoms with Crippen LogP contribution < -0.4 is 10.6 Å². The highest BCUT2D eigenvalue weighted by Gasteiger charge is 2.28. The van der Waals surface area contributed by atoms with Crippen LogP contribution in [0.1, 0.15) is 19.8 Å². The van der Waals surface area contributed by atoms with E-state index in [-0.39, 0.29) is 12.1 Å². The van der Waals surface area contributed by atoms with Gasteiger partial charge in [0.1, 0.15) is 0 Å². The Morgan fingerprint density at radius 2 is 2.30 bits per heavy atom. The summed E-state index contributed by atoms with van der Waals surface area (Å²) in [5.74, 6) is 1.53. The second-order valence-electron chi connectivity index (χ2n) is 4.96. The van der Waals surface area contributed by atoms with Crippen molar-refractivity contribution in [3.05, 3.63) is 14.3 Å². The lowest BCUT2D eigenvalue weighted by Gasteiger charge is -2.36. The second-order valence-corrected chi connectivity index (χ2v) is 8.18. The van der Waals surface area contributed by atoms with Crippen LogP contribution in [0.5, 0.6) is 0 Å². The minimum Gasteiger partial charge on any atom is -0.335 e. The molecule has 3 heterocycles. The maximum Gasteiger partial charge on any atom is 0.245 e. The number of rotatable bonds is 2. The van der Waals surface area contributed by atoms with Gasteiger partial charge in [-0.3, -0.25) is 5.10 Å². The van der Waals surface area contributed by atoms with Crippen LogP contribution in [-0.2, 0) is 0 Å². The van der Waals surface area contributed by atoms with Gasteiger partial charge in [0.2, 0.25) is 5.95 Å². The number of nitrogens with zero attached hydrogens (tertiary/aromatic N) is 3. The molecule has 1 fully saturated rings. The van der Waals surface area contributed by atoms with Crippen LogP contribution in [0.2, 0.25) is 0 Å². The Kier molecular flexibility index (Phi) is 4.16. The van der Waals surface area contributed by atoms with Crippen LogP contribution >= 0.6 is 43.2 Å². The van der Waals surface area contributed by atoms with E-state index < -0.39 is 0 Å². The number of halogens is 2. The zero-order valence-corrected chi connectivity index (χ0v) is 14.9. The SMILES string of the molecule is CC1C(N)CCCN1c1n[nH]c(-c2cc(Br)c(Br)s2)n1. The number of thiophene rings is 1. The molecule has 0 radical (unpaired) electrons. The summed E-state index contributed by atoms with van der Waals surface area (Å²) in [6, 6.07) is 2.50. The highest BCUT2D eigenvalue weighted by Crippen LogP contribution is 2.37. The van der Waals surface area contributed by atoms with E-state index in [1.807, 2.05) is 6.07 Å². The fraction of sp³-hybridized carbons (Fsp3) is 0.500. The first kappa shape index (κ1) is 14.5. The normalized spacial score (nSPS) is 23.3. The molecule has 2 atom stereocenters. The number of nitrogens with one attached hydrogen (secondary N) is 1. The summed E-state index contributed by atoms with van der Waals surface area (Å²) in [6.07, 6.45) is 2.16. The van der Waals surface area contributed by atoms with Gasteiger partial charge >= 0.3 is 0 Å². The Morgan fingerprint density at radius 1 is 1.50 bits per heavy atom. The van der Waals surface area contributed by atoms with Crippen molar-refractivity contribution in [2.75, 3.05) is 11.4 Å². The van der Waals surface area contributed by atoms with Crippen molar-refractivity contribution in [2.24, 2.45) is 5.73 Å². The largest absolute Gasteiger partial charge is 0.335 e. The number of aromatic amines is 1. The van der Waals surface area contributed by atoms with Gasteiger partial charge < -0.3 is 10.6 Å². The minimum absolute atomic E-state index is 0.190. The third-order valence-corrected chi connectivity index (χ3v) is 6.92. The van der Waals surface area contributed by atoms with Crippen molar-refractivity contribution >= 4 is 49.1 Å². The summed E-state index contributed by atoms with van der Waals surface area (Å²) in [4.78, 5) is 7.85. The molecule has 0 bridgehead atoms. The van der Waals surface area contributed by atoms with Gasteiger partial charge in [-0.15, -0.1) is 16.4 Å². The second kappa shape index (κ2) is 5.75. The molecule has 3 rings (SSSR count). The summed E-state index contributed by atoms with van der Waals surface area (Å²) in [5.41, 5.74) is 6.13. The van der Waals surface area contributed by atoms with Crippen LogP contribution in [-0.4, -0.2) is 33.8 Å². The maximum absolute atomic E-state index is 6.13. The lowest BCUT2D eigenvalue weighted by atomic mass is 9.99. The molecule has 1 saturated heterocycles. The number of H-pyrrole nitrogens is 1. The number of aromatic nitrogens is 3. The van der Waals surface area contributed by atoms with Gasteiger partial charge in [-0.05, 0) is 57.7 Å². The summed E-state index contributed by atoms with van der Waals surface area (Å²) in [5, 5.41) is 7.37. The third kappa shape index (κ3) is 2.66. The van der Waals surface area contributed by atoms with Crippen LogP contribution in [0.3, 0.4) is 0 Å². The minimum atomic E-state index is 0.190. The molecular formula is C12H15Br2N5S. The highest BCUT2D eigenvalue weighted by molar-refractivity contribution is 9.13. The fourth-order valence-electron chi connectivity index (χ4n) is 2.41. The van der Waals surface area contributed by atoms with Crippen LogP contribution in [0.25, 0.3) is 10.7 Å². The number of hydrogen-bond donors (Lipinski definition) is 2. The molecule has 2 aromatic rings. The van der Waals surface area contributed by atoms with Crippen molar-refractivity contribution in [3.63, 3.8) is 0 Å². The van der Waals surface area contributed by atoms with Crippen molar-refractivity contribution in [3.8, 4) is 10.7 Å². The van der Waals surface area contributed by atoms with Crippen LogP contribution in [0.15, 0.2) is 14.3 Å². The topological polar surface area (TPSA) is 70.8 Å². The average Bonchev–Trinajstić information content (AvgIpc) is 3.01. The smallest absolute Gasteiger partial charge is 0.245 e. The predicted octanol–water partition coefficient (Wildman–Crippen LogP) is 3.37. The van der Waals surface area contributed by atoms with Gasteiger partial charge in [0.15, 0.2) is 5.82 Å².